The van der Waals surface area contributed by atoms with E-state index in [2.05, 4.69) is 21.3 Å². The summed E-state index contributed by atoms with van der Waals surface area (Å²) in [6.45, 7) is 1.70. The van der Waals surface area contributed by atoms with Crippen LogP contribution >= 0.6 is 12.4 Å². The van der Waals surface area contributed by atoms with Gasteiger partial charge >= 0.3 is 6.03 Å². The van der Waals surface area contributed by atoms with Gasteiger partial charge in [0.25, 0.3) is 0 Å². The molecule has 1 aliphatic heterocycles. The predicted molar refractivity (Wildman–Crippen MR) is 119 cm³/mol. The number of para-hydroxylation sites is 1. The predicted octanol–water partition coefficient (Wildman–Crippen LogP) is 4.47. The maximum absolute atomic E-state index is 13.0. The van der Waals surface area contributed by atoms with Crippen molar-refractivity contribution in [3.63, 3.8) is 0 Å². The molecule has 0 aromatic heterocycles. The molecular formula is C22H27ClN4O2. The van der Waals surface area contributed by atoms with E-state index in [0.29, 0.717) is 11.6 Å². The highest BCUT2D eigenvalue weighted by Crippen LogP contribution is 2.44. The third kappa shape index (κ3) is 4.71. The highest BCUT2D eigenvalue weighted by molar-refractivity contribution is 6.00. The van der Waals surface area contributed by atoms with E-state index in [-0.39, 0.29) is 29.8 Å². The molecule has 1 saturated carbocycles. The molecular weight excluding hydrogens is 388 g/mol. The van der Waals surface area contributed by atoms with Crippen molar-refractivity contribution in [2.45, 2.75) is 25.7 Å². The standard InChI is InChI=1S/C22H26N4O2.ClH/c27-20(22-13-5-4-6-16(22)14-23-15-22)24-18-9-11-19(12-10-18)26-21(28)25-17-7-2-1-3-8-17;/h1-3,7-12,16,23H,4-6,13-15H2,(H,24,27)(H2,25,26,28);1H/t16-,22+;/m0./s1. The fourth-order valence-corrected chi connectivity index (χ4v) is 4.40. The largest absolute Gasteiger partial charge is 0.326 e. The number of anilines is 3. The number of urea groups is 1. The third-order valence-corrected chi connectivity index (χ3v) is 5.92. The molecule has 1 heterocycles. The molecule has 2 atom stereocenters. The summed E-state index contributed by atoms with van der Waals surface area (Å²) in [5, 5.41) is 12.1. The van der Waals surface area contributed by atoms with Crippen LogP contribution in [0.2, 0.25) is 0 Å². The molecule has 154 valence electrons. The minimum atomic E-state index is -0.302. The van der Waals surface area contributed by atoms with Crippen LogP contribution in [0.3, 0.4) is 0 Å². The van der Waals surface area contributed by atoms with Crippen LogP contribution in [-0.2, 0) is 4.79 Å². The van der Waals surface area contributed by atoms with Crippen molar-refractivity contribution in [1.82, 2.24) is 5.32 Å². The van der Waals surface area contributed by atoms with Crippen molar-refractivity contribution >= 4 is 41.4 Å². The zero-order valence-electron chi connectivity index (χ0n) is 16.2. The summed E-state index contributed by atoms with van der Waals surface area (Å²) in [7, 11) is 0. The second-order valence-corrected chi connectivity index (χ2v) is 7.71. The molecule has 6 nitrogen and oxygen atoms in total. The molecule has 2 fully saturated rings. The second kappa shape index (κ2) is 9.29. The molecule has 4 N–H and O–H groups in total. The van der Waals surface area contributed by atoms with Crippen LogP contribution in [-0.4, -0.2) is 25.0 Å². The summed E-state index contributed by atoms with van der Waals surface area (Å²) in [5.41, 5.74) is 1.88. The summed E-state index contributed by atoms with van der Waals surface area (Å²) in [4.78, 5) is 25.1. The van der Waals surface area contributed by atoms with Crippen molar-refractivity contribution < 1.29 is 9.59 Å². The van der Waals surface area contributed by atoms with Gasteiger partial charge in [-0.3, -0.25) is 4.79 Å². The van der Waals surface area contributed by atoms with Gasteiger partial charge in [-0.2, -0.15) is 0 Å². The normalized spacial score (nSPS) is 22.7. The second-order valence-electron chi connectivity index (χ2n) is 7.71. The number of carbonyl (C=O) groups is 2. The minimum Gasteiger partial charge on any atom is -0.326 e. The summed E-state index contributed by atoms with van der Waals surface area (Å²) >= 11 is 0. The van der Waals surface area contributed by atoms with E-state index in [0.717, 1.165) is 43.7 Å². The molecule has 0 bridgehead atoms. The Morgan fingerprint density at radius 1 is 0.862 bits per heavy atom. The average molecular weight is 415 g/mol. The van der Waals surface area contributed by atoms with E-state index in [9.17, 15) is 9.59 Å². The lowest BCUT2D eigenvalue weighted by molar-refractivity contribution is -0.128. The van der Waals surface area contributed by atoms with Crippen molar-refractivity contribution in [3.8, 4) is 0 Å². The first-order chi connectivity index (χ1) is 13.7. The third-order valence-electron chi connectivity index (χ3n) is 5.92. The van der Waals surface area contributed by atoms with E-state index in [1.807, 2.05) is 42.5 Å². The summed E-state index contributed by atoms with van der Waals surface area (Å²) in [6, 6.07) is 16.2. The smallest absolute Gasteiger partial charge is 0.323 e. The average Bonchev–Trinajstić information content (AvgIpc) is 3.16. The number of hydrogen-bond donors (Lipinski definition) is 4. The topological polar surface area (TPSA) is 82.3 Å². The number of carbonyl (C=O) groups excluding carboxylic acids is 2. The molecule has 29 heavy (non-hydrogen) atoms. The van der Waals surface area contributed by atoms with Crippen molar-refractivity contribution in [2.75, 3.05) is 29.0 Å². The van der Waals surface area contributed by atoms with E-state index in [1.54, 1.807) is 12.1 Å². The van der Waals surface area contributed by atoms with Gasteiger partial charge in [-0.25, -0.2) is 4.79 Å². The van der Waals surface area contributed by atoms with Crippen LogP contribution in [0.25, 0.3) is 0 Å². The number of fused-ring (bicyclic) bond motifs is 1. The van der Waals surface area contributed by atoms with Crippen LogP contribution in [0.1, 0.15) is 25.7 Å². The van der Waals surface area contributed by atoms with Crippen molar-refractivity contribution in [1.29, 1.82) is 0 Å². The van der Waals surface area contributed by atoms with Gasteiger partial charge in [0.1, 0.15) is 0 Å². The quantitative estimate of drug-likeness (QED) is 0.595. The van der Waals surface area contributed by atoms with Crippen LogP contribution in [0.4, 0.5) is 21.9 Å². The molecule has 1 aliphatic carbocycles. The van der Waals surface area contributed by atoms with Crippen molar-refractivity contribution in [2.24, 2.45) is 11.3 Å². The molecule has 1 saturated heterocycles. The zero-order chi connectivity index (χ0) is 19.4. The van der Waals surface area contributed by atoms with Gasteiger partial charge in [0.05, 0.1) is 5.41 Å². The maximum atomic E-state index is 13.0. The Hall–Kier alpha value is -2.57. The molecule has 2 aromatic rings. The first kappa shape index (κ1) is 21.1. The molecule has 0 radical (unpaired) electrons. The van der Waals surface area contributed by atoms with E-state index in [4.69, 9.17) is 0 Å². The van der Waals surface area contributed by atoms with Gasteiger partial charge < -0.3 is 21.3 Å². The summed E-state index contributed by atoms with van der Waals surface area (Å²) in [5.74, 6) is 0.550. The van der Waals surface area contributed by atoms with Crippen LogP contribution in [0.5, 0.6) is 0 Å². The van der Waals surface area contributed by atoms with Crippen LogP contribution in [0, 0.1) is 11.3 Å². The lowest BCUT2D eigenvalue weighted by atomic mass is 9.67. The molecule has 7 heteroatoms. The molecule has 3 amide bonds. The number of halogens is 1. The Morgan fingerprint density at radius 2 is 1.48 bits per heavy atom. The first-order valence-electron chi connectivity index (χ1n) is 9.91. The summed E-state index contributed by atoms with van der Waals surface area (Å²) in [6.07, 6.45) is 4.41. The monoisotopic (exact) mass is 414 g/mol. The Kier molecular flexibility index (Phi) is 6.77. The maximum Gasteiger partial charge on any atom is 0.323 e. The Bertz CT molecular complexity index is 844. The first-order valence-corrected chi connectivity index (χ1v) is 9.91. The molecule has 4 rings (SSSR count). The van der Waals surface area contributed by atoms with Crippen LogP contribution in [0.15, 0.2) is 54.6 Å². The number of rotatable bonds is 4. The number of benzene rings is 2. The zero-order valence-corrected chi connectivity index (χ0v) is 17.1. The number of nitrogens with one attached hydrogen (secondary N) is 4. The molecule has 2 aromatic carbocycles. The SMILES string of the molecule is Cl.O=C(Nc1ccccc1)Nc1ccc(NC(=O)[C@@]23CCCC[C@H]2CNC3)cc1. The van der Waals surface area contributed by atoms with Gasteiger partial charge in [0.2, 0.25) is 5.91 Å². The van der Waals surface area contributed by atoms with Gasteiger partial charge in [0.15, 0.2) is 0 Å². The Morgan fingerprint density at radius 3 is 2.17 bits per heavy atom. The minimum absolute atomic E-state index is 0. The molecule has 0 spiro atoms. The number of amides is 3. The van der Waals surface area contributed by atoms with Crippen LogP contribution < -0.4 is 21.3 Å². The fraction of sp³-hybridized carbons (Fsp3) is 0.364. The van der Waals surface area contributed by atoms with E-state index in [1.165, 1.54) is 6.42 Å². The van der Waals surface area contributed by atoms with Gasteiger partial charge in [0, 0.05) is 23.6 Å². The van der Waals surface area contributed by atoms with Gasteiger partial charge in [-0.05, 0) is 61.7 Å². The highest BCUT2D eigenvalue weighted by Gasteiger charge is 2.49. The van der Waals surface area contributed by atoms with E-state index < -0.39 is 0 Å². The Labute approximate surface area is 177 Å². The molecule has 2 aliphatic rings. The Balaban J connectivity index is 0.00000240. The molecule has 0 unspecified atom stereocenters. The summed E-state index contributed by atoms with van der Waals surface area (Å²) < 4.78 is 0. The lowest BCUT2D eigenvalue weighted by Gasteiger charge is -2.37. The fourth-order valence-electron chi connectivity index (χ4n) is 4.40. The lowest BCUT2D eigenvalue weighted by Crippen LogP contribution is -2.44. The van der Waals surface area contributed by atoms with Crippen molar-refractivity contribution in [3.05, 3.63) is 54.6 Å². The highest BCUT2D eigenvalue weighted by atomic mass is 35.5. The van der Waals surface area contributed by atoms with E-state index >= 15 is 0 Å². The van der Waals surface area contributed by atoms with Gasteiger partial charge in [-0.15, -0.1) is 12.4 Å². The number of hydrogen-bond acceptors (Lipinski definition) is 3. The van der Waals surface area contributed by atoms with Gasteiger partial charge in [-0.1, -0.05) is 31.0 Å².